The Morgan fingerprint density at radius 1 is 1.53 bits per heavy atom. The maximum absolute atomic E-state index is 12.5. The van der Waals surface area contributed by atoms with Crippen LogP contribution in [0, 0.1) is 0 Å². The number of nitrogens with one attached hydrogen (secondary N) is 1. The third kappa shape index (κ3) is 3.52. The van der Waals surface area contributed by atoms with Crippen molar-refractivity contribution in [2.75, 3.05) is 27.2 Å². The molecule has 2 rings (SSSR count). The minimum absolute atomic E-state index is 0.108. The number of hydrogen-bond donors (Lipinski definition) is 1. The van der Waals surface area contributed by atoms with Crippen molar-refractivity contribution in [1.29, 1.82) is 0 Å². The van der Waals surface area contributed by atoms with Crippen molar-refractivity contribution in [2.45, 2.75) is 25.6 Å². The van der Waals surface area contributed by atoms with Crippen molar-refractivity contribution in [3.63, 3.8) is 0 Å². The van der Waals surface area contributed by atoms with Crippen LogP contribution in [0.4, 0.5) is 0 Å². The molecule has 0 radical (unpaired) electrons. The second kappa shape index (κ2) is 6.12. The Balaban J connectivity index is 2.06. The van der Waals surface area contributed by atoms with Crippen LogP contribution in [-0.4, -0.2) is 60.0 Å². The highest BCUT2D eigenvalue weighted by Gasteiger charge is 2.32. The summed E-state index contributed by atoms with van der Waals surface area (Å²) in [7, 11) is 3.97. The molecule has 1 saturated heterocycles. The molecule has 0 saturated carbocycles. The van der Waals surface area contributed by atoms with E-state index in [0.29, 0.717) is 6.54 Å². The molecule has 2 atom stereocenters. The molecule has 0 spiro atoms. The van der Waals surface area contributed by atoms with Crippen LogP contribution < -0.4 is 5.32 Å². The molecule has 0 aliphatic carbocycles. The van der Waals surface area contributed by atoms with Gasteiger partial charge in [-0.15, -0.1) is 0 Å². The fourth-order valence-electron chi connectivity index (χ4n) is 2.36. The lowest BCUT2D eigenvalue weighted by Gasteiger charge is -2.39. The number of carbonyl (C=O) groups is 1. The lowest BCUT2D eigenvalue weighted by molar-refractivity contribution is -0.139. The van der Waals surface area contributed by atoms with Gasteiger partial charge in [0, 0.05) is 38.1 Å². The van der Waals surface area contributed by atoms with Crippen LogP contribution in [0.25, 0.3) is 0 Å². The highest BCUT2D eigenvalue weighted by atomic mass is 16.2. The van der Waals surface area contributed by atoms with Crippen LogP contribution in [0.5, 0.6) is 0 Å². The fourth-order valence-corrected chi connectivity index (χ4v) is 2.36. The first-order valence-corrected chi connectivity index (χ1v) is 6.65. The number of aromatic nitrogens is 1. The van der Waals surface area contributed by atoms with Gasteiger partial charge in [-0.3, -0.25) is 9.78 Å². The van der Waals surface area contributed by atoms with Crippen LogP contribution in [0.1, 0.15) is 12.5 Å². The molecule has 1 aliphatic heterocycles. The summed E-state index contributed by atoms with van der Waals surface area (Å²) < 4.78 is 0. The van der Waals surface area contributed by atoms with Gasteiger partial charge in [0.25, 0.3) is 0 Å². The van der Waals surface area contributed by atoms with Gasteiger partial charge in [0.2, 0.25) is 5.91 Å². The molecule has 5 heteroatoms. The molecule has 0 bridgehead atoms. The van der Waals surface area contributed by atoms with Gasteiger partial charge < -0.3 is 15.1 Å². The summed E-state index contributed by atoms with van der Waals surface area (Å²) in [6.07, 6.45) is 3.57. The molecular weight excluding hydrogens is 240 g/mol. The smallest absolute Gasteiger partial charge is 0.241 e. The van der Waals surface area contributed by atoms with E-state index >= 15 is 0 Å². The van der Waals surface area contributed by atoms with Crippen LogP contribution in [0.3, 0.4) is 0 Å². The average Bonchev–Trinajstić information content (AvgIpc) is 2.39. The quantitative estimate of drug-likeness (QED) is 0.849. The topological polar surface area (TPSA) is 48.5 Å². The Labute approximate surface area is 114 Å². The number of rotatable bonds is 4. The number of likely N-dealkylation sites (N-methyl/N-ethyl adjacent to an activating group) is 1. The first kappa shape index (κ1) is 14.0. The van der Waals surface area contributed by atoms with Crippen molar-refractivity contribution in [1.82, 2.24) is 20.1 Å². The summed E-state index contributed by atoms with van der Waals surface area (Å²) in [5, 5.41) is 3.32. The van der Waals surface area contributed by atoms with Gasteiger partial charge in [0.1, 0.15) is 0 Å². The average molecular weight is 262 g/mol. The first-order valence-electron chi connectivity index (χ1n) is 6.65. The molecule has 1 aromatic rings. The molecule has 0 aromatic carbocycles. The fraction of sp³-hybridized carbons (Fsp3) is 0.571. The minimum atomic E-state index is -0.108. The number of piperazine rings is 1. The summed E-state index contributed by atoms with van der Waals surface area (Å²) in [5.41, 5.74) is 1.08. The van der Waals surface area contributed by atoms with Crippen LogP contribution in [0.15, 0.2) is 24.5 Å². The summed E-state index contributed by atoms with van der Waals surface area (Å²) in [6, 6.07) is 4.02. The van der Waals surface area contributed by atoms with Gasteiger partial charge in [-0.05, 0) is 32.6 Å². The van der Waals surface area contributed by atoms with E-state index in [4.69, 9.17) is 0 Å². The van der Waals surface area contributed by atoms with Crippen LogP contribution in [0.2, 0.25) is 0 Å². The minimum Gasteiger partial charge on any atom is -0.333 e. The maximum atomic E-state index is 12.5. The molecule has 104 valence electrons. The standard InChI is InChI=1S/C14H22N4O/c1-11-7-16-13(10-17(2)3)14(19)18(11)9-12-5-4-6-15-8-12/h4-6,8,11,13,16H,7,9-10H2,1-3H3. The predicted molar refractivity (Wildman–Crippen MR) is 74.6 cm³/mol. The Bertz CT molecular complexity index is 421. The predicted octanol–water partition coefficient (Wildman–Crippen LogP) is 0.332. The van der Waals surface area contributed by atoms with Crippen molar-refractivity contribution in [3.8, 4) is 0 Å². The van der Waals surface area contributed by atoms with E-state index < -0.39 is 0 Å². The van der Waals surface area contributed by atoms with Crippen LogP contribution >= 0.6 is 0 Å². The molecule has 1 fully saturated rings. The normalized spacial score (nSPS) is 24.0. The van der Waals surface area contributed by atoms with E-state index in [1.54, 1.807) is 6.20 Å². The van der Waals surface area contributed by atoms with Crippen molar-refractivity contribution in [3.05, 3.63) is 30.1 Å². The second-order valence-electron chi connectivity index (χ2n) is 5.40. The van der Waals surface area contributed by atoms with Crippen molar-refractivity contribution in [2.24, 2.45) is 0 Å². The Morgan fingerprint density at radius 3 is 2.95 bits per heavy atom. The maximum Gasteiger partial charge on any atom is 0.241 e. The first-order chi connectivity index (χ1) is 9.08. The van der Waals surface area contributed by atoms with E-state index in [1.807, 2.05) is 42.2 Å². The zero-order valence-electron chi connectivity index (χ0n) is 11.8. The molecule has 1 aliphatic rings. The molecule has 1 aromatic heterocycles. The summed E-state index contributed by atoms with van der Waals surface area (Å²) in [5.74, 6) is 0.177. The second-order valence-corrected chi connectivity index (χ2v) is 5.40. The third-order valence-corrected chi connectivity index (χ3v) is 3.40. The van der Waals surface area contributed by atoms with E-state index in [-0.39, 0.29) is 18.0 Å². The van der Waals surface area contributed by atoms with E-state index in [0.717, 1.165) is 18.7 Å². The zero-order valence-corrected chi connectivity index (χ0v) is 11.8. The Hall–Kier alpha value is -1.46. The number of pyridine rings is 1. The van der Waals surface area contributed by atoms with Crippen LogP contribution in [-0.2, 0) is 11.3 Å². The van der Waals surface area contributed by atoms with Gasteiger partial charge in [0.05, 0.1) is 6.04 Å². The monoisotopic (exact) mass is 262 g/mol. The summed E-state index contributed by atoms with van der Waals surface area (Å²) in [4.78, 5) is 20.6. The molecule has 19 heavy (non-hydrogen) atoms. The summed E-state index contributed by atoms with van der Waals surface area (Å²) in [6.45, 7) is 4.28. The summed E-state index contributed by atoms with van der Waals surface area (Å²) >= 11 is 0. The van der Waals surface area contributed by atoms with Crippen molar-refractivity contribution >= 4 is 5.91 Å². The molecule has 2 unspecified atom stereocenters. The molecular formula is C14H22N4O. The SMILES string of the molecule is CC1CNC(CN(C)C)C(=O)N1Cc1cccnc1. The molecule has 2 heterocycles. The van der Waals surface area contributed by atoms with Gasteiger partial charge in [0.15, 0.2) is 0 Å². The zero-order chi connectivity index (χ0) is 13.8. The number of amides is 1. The van der Waals surface area contributed by atoms with E-state index in [2.05, 4.69) is 17.2 Å². The third-order valence-electron chi connectivity index (χ3n) is 3.40. The molecule has 1 amide bonds. The largest absolute Gasteiger partial charge is 0.333 e. The number of hydrogen-bond acceptors (Lipinski definition) is 4. The van der Waals surface area contributed by atoms with Crippen molar-refractivity contribution < 1.29 is 4.79 Å². The molecule has 1 N–H and O–H groups in total. The van der Waals surface area contributed by atoms with Gasteiger partial charge in [-0.1, -0.05) is 6.07 Å². The lowest BCUT2D eigenvalue weighted by atomic mass is 10.1. The number of carbonyl (C=O) groups excluding carboxylic acids is 1. The highest BCUT2D eigenvalue weighted by Crippen LogP contribution is 2.13. The number of nitrogens with zero attached hydrogens (tertiary/aromatic N) is 3. The van der Waals surface area contributed by atoms with Gasteiger partial charge in [-0.25, -0.2) is 0 Å². The molecule has 5 nitrogen and oxygen atoms in total. The van der Waals surface area contributed by atoms with Gasteiger partial charge >= 0.3 is 0 Å². The highest BCUT2D eigenvalue weighted by molar-refractivity contribution is 5.83. The van der Waals surface area contributed by atoms with E-state index in [9.17, 15) is 4.79 Å². The Morgan fingerprint density at radius 2 is 2.32 bits per heavy atom. The van der Waals surface area contributed by atoms with Gasteiger partial charge in [-0.2, -0.15) is 0 Å². The van der Waals surface area contributed by atoms with E-state index in [1.165, 1.54) is 0 Å². The Kier molecular flexibility index (Phi) is 4.50. The lowest BCUT2D eigenvalue weighted by Crippen LogP contribution is -2.61.